The highest BCUT2D eigenvalue weighted by molar-refractivity contribution is 9.11. The number of hydrogen-bond acceptors (Lipinski definition) is 4. The molecule has 0 unspecified atom stereocenters. The summed E-state index contributed by atoms with van der Waals surface area (Å²) in [5.41, 5.74) is 2.26. The minimum Gasteiger partial charge on any atom is -0.256 e. The summed E-state index contributed by atoms with van der Waals surface area (Å²) in [6, 6.07) is 10.2. The average molecular weight is 306 g/mol. The van der Waals surface area contributed by atoms with Crippen molar-refractivity contribution in [3.05, 3.63) is 51.0 Å². The second-order valence-corrected chi connectivity index (χ2v) is 5.95. The summed E-state index contributed by atoms with van der Waals surface area (Å²) >= 11 is 4.89. The summed E-state index contributed by atoms with van der Waals surface area (Å²) in [7, 11) is 0. The van der Waals surface area contributed by atoms with E-state index in [0.29, 0.717) is 0 Å². The van der Waals surface area contributed by atoms with Gasteiger partial charge >= 0.3 is 0 Å². The Bertz CT molecular complexity index is 660. The van der Waals surface area contributed by atoms with Crippen molar-refractivity contribution in [1.29, 1.82) is 0 Å². The molecule has 0 radical (unpaired) electrons. The number of pyridine rings is 1. The summed E-state index contributed by atoms with van der Waals surface area (Å²) in [5.74, 6) is 0. The van der Waals surface area contributed by atoms with Gasteiger partial charge in [-0.1, -0.05) is 29.5 Å². The van der Waals surface area contributed by atoms with Crippen molar-refractivity contribution >= 4 is 38.2 Å². The molecule has 3 aromatic rings. The van der Waals surface area contributed by atoms with Crippen LogP contribution in [-0.2, 0) is 6.42 Å². The molecule has 0 atom stereocenters. The van der Waals surface area contributed by atoms with Crippen molar-refractivity contribution in [3.63, 3.8) is 0 Å². The van der Waals surface area contributed by atoms with Crippen LogP contribution in [0.1, 0.15) is 10.6 Å². The van der Waals surface area contributed by atoms with E-state index in [4.69, 9.17) is 0 Å². The Morgan fingerprint density at radius 3 is 2.82 bits per heavy atom. The summed E-state index contributed by atoms with van der Waals surface area (Å²) in [5, 5.41) is 10.3. The van der Waals surface area contributed by atoms with Crippen molar-refractivity contribution in [2.45, 2.75) is 6.42 Å². The van der Waals surface area contributed by atoms with E-state index in [-0.39, 0.29) is 0 Å². The maximum absolute atomic E-state index is 4.35. The van der Waals surface area contributed by atoms with Crippen LogP contribution in [0.25, 0.3) is 10.9 Å². The Labute approximate surface area is 111 Å². The zero-order valence-corrected chi connectivity index (χ0v) is 11.2. The molecule has 0 aliphatic rings. The van der Waals surface area contributed by atoms with E-state index >= 15 is 0 Å². The number of halogens is 1. The van der Waals surface area contributed by atoms with Crippen LogP contribution in [0, 0.1) is 0 Å². The lowest BCUT2D eigenvalue weighted by atomic mass is 10.1. The van der Waals surface area contributed by atoms with Crippen LogP contribution in [0.3, 0.4) is 0 Å². The molecular weight excluding hydrogens is 298 g/mol. The Morgan fingerprint density at radius 1 is 1.12 bits per heavy atom. The number of aromatic nitrogens is 3. The van der Waals surface area contributed by atoms with Gasteiger partial charge in [-0.25, -0.2) is 0 Å². The first-order valence-electron chi connectivity index (χ1n) is 5.13. The highest BCUT2D eigenvalue weighted by Gasteiger charge is 2.06. The fraction of sp³-hybridized carbons (Fsp3) is 0.0833. The van der Waals surface area contributed by atoms with Gasteiger partial charge in [0.25, 0.3) is 0 Å². The van der Waals surface area contributed by atoms with E-state index < -0.39 is 0 Å². The number of para-hydroxylation sites is 1. The van der Waals surface area contributed by atoms with Crippen LogP contribution >= 0.6 is 27.3 Å². The third-order valence-corrected chi connectivity index (χ3v) is 3.88. The van der Waals surface area contributed by atoms with Crippen molar-refractivity contribution in [2.24, 2.45) is 0 Å². The van der Waals surface area contributed by atoms with Gasteiger partial charge in [-0.15, -0.1) is 10.2 Å². The van der Waals surface area contributed by atoms with Gasteiger partial charge in [-0.3, -0.25) is 4.98 Å². The topological polar surface area (TPSA) is 38.7 Å². The maximum Gasteiger partial charge on any atom is 0.183 e. The Morgan fingerprint density at radius 2 is 2.00 bits per heavy atom. The van der Waals surface area contributed by atoms with Crippen LogP contribution in [-0.4, -0.2) is 15.2 Å². The number of nitrogens with zero attached hydrogens (tertiary/aromatic N) is 3. The Hall–Kier alpha value is -1.33. The van der Waals surface area contributed by atoms with Crippen LogP contribution < -0.4 is 0 Å². The average Bonchev–Trinajstić information content (AvgIpc) is 2.75. The van der Waals surface area contributed by atoms with Gasteiger partial charge in [0.15, 0.2) is 3.92 Å². The lowest BCUT2D eigenvalue weighted by Gasteiger charge is -2.03. The summed E-state index contributed by atoms with van der Waals surface area (Å²) in [4.78, 5) is 4.35. The zero-order chi connectivity index (χ0) is 11.7. The molecule has 0 aliphatic carbocycles. The van der Waals surface area contributed by atoms with E-state index in [1.807, 2.05) is 30.5 Å². The van der Waals surface area contributed by atoms with Gasteiger partial charge < -0.3 is 0 Å². The van der Waals surface area contributed by atoms with Crippen molar-refractivity contribution in [2.75, 3.05) is 0 Å². The predicted molar refractivity (Wildman–Crippen MR) is 72.2 cm³/mol. The highest BCUT2D eigenvalue weighted by atomic mass is 79.9. The van der Waals surface area contributed by atoms with E-state index in [2.05, 4.69) is 37.2 Å². The van der Waals surface area contributed by atoms with Gasteiger partial charge in [0.05, 0.1) is 5.52 Å². The van der Waals surface area contributed by atoms with E-state index in [9.17, 15) is 0 Å². The van der Waals surface area contributed by atoms with Crippen LogP contribution in [0.15, 0.2) is 40.4 Å². The van der Waals surface area contributed by atoms with Crippen molar-refractivity contribution in [1.82, 2.24) is 15.2 Å². The molecule has 0 saturated heterocycles. The first-order valence-corrected chi connectivity index (χ1v) is 6.74. The fourth-order valence-corrected chi connectivity index (χ4v) is 3.00. The Balaban J connectivity index is 2.05. The van der Waals surface area contributed by atoms with Gasteiger partial charge in [0.1, 0.15) is 5.01 Å². The monoisotopic (exact) mass is 305 g/mol. The lowest BCUT2D eigenvalue weighted by molar-refractivity contribution is 0.995. The van der Waals surface area contributed by atoms with E-state index in [0.717, 1.165) is 20.9 Å². The molecule has 1 aromatic carbocycles. The van der Waals surface area contributed by atoms with E-state index in [1.54, 1.807) is 11.3 Å². The van der Waals surface area contributed by atoms with Crippen LogP contribution in [0.4, 0.5) is 0 Å². The number of fused-ring (bicyclic) bond motifs is 1. The number of hydrogen-bond donors (Lipinski definition) is 0. The van der Waals surface area contributed by atoms with Gasteiger partial charge in [0.2, 0.25) is 0 Å². The van der Waals surface area contributed by atoms with E-state index in [1.165, 1.54) is 10.9 Å². The van der Waals surface area contributed by atoms with Gasteiger partial charge in [-0.05, 0) is 33.6 Å². The molecule has 0 spiro atoms. The fourth-order valence-electron chi connectivity index (χ4n) is 1.78. The van der Waals surface area contributed by atoms with Crippen molar-refractivity contribution in [3.8, 4) is 0 Å². The molecule has 0 aliphatic heterocycles. The van der Waals surface area contributed by atoms with Crippen molar-refractivity contribution < 1.29 is 0 Å². The molecule has 0 bridgehead atoms. The van der Waals surface area contributed by atoms with Gasteiger partial charge in [-0.2, -0.15) is 0 Å². The molecule has 0 N–H and O–H groups in total. The quantitative estimate of drug-likeness (QED) is 0.728. The molecule has 17 heavy (non-hydrogen) atoms. The second kappa shape index (κ2) is 4.50. The SMILES string of the molecule is Brc1nnc(Cc2ccnc3ccccc23)s1. The smallest absolute Gasteiger partial charge is 0.183 e. The van der Waals surface area contributed by atoms with Gasteiger partial charge in [0, 0.05) is 18.0 Å². The summed E-state index contributed by atoms with van der Waals surface area (Å²) < 4.78 is 0.825. The predicted octanol–water partition coefficient (Wildman–Crippen LogP) is 3.44. The minimum absolute atomic E-state index is 0.798. The molecule has 2 aromatic heterocycles. The molecule has 84 valence electrons. The second-order valence-electron chi connectivity index (χ2n) is 3.61. The summed E-state index contributed by atoms with van der Waals surface area (Å²) in [6.45, 7) is 0. The highest BCUT2D eigenvalue weighted by Crippen LogP contribution is 2.22. The lowest BCUT2D eigenvalue weighted by Crippen LogP contribution is -1.90. The first-order chi connectivity index (χ1) is 8.33. The number of rotatable bonds is 2. The number of benzene rings is 1. The third-order valence-electron chi connectivity index (χ3n) is 2.52. The maximum atomic E-state index is 4.35. The standard InChI is InChI=1S/C12H8BrN3S/c13-12-16-15-11(17-12)7-8-5-6-14-10-4-2-1-3-9(8)10/h1-6H,7H2. The largest absolute Gasteiger partial charge is 0.256 e. The molecule has 5 heteroatoms. The normalized spacial score (nSPS) is 10.9. The Kier molecular flexibility index (Phi) is 2.86. The molecule has 2 heterocycles. The van der Waals surface area contributed by atoms with Crippen LogP contribution in [0.2, 0.25) is 0 Å². The van der Waals surface area contributed by atoms with Crippen LogP contribution in [0.5, 0.6) is 0 Å². The first kappa shape index (κ1) is 10.8. The molecule has 0 fully saturated rings. The molecule has 0 saturated carbocycles. The molecule has 0 amide bonds. The summed E-state index contributed by atoms with van der Waals surface area (Å²) in [6.07, 6.45) is 2.64. The minimum atomic E-state index is 0.798. The zero-order valence-electron chi connectivity index (χ0n) is 8.80. The third kappa shape index (κ3) is 2.21. The molecule has 3 nitrogen and oxygen atoms in total. The molecule has 3 rings (SSSR count). The molecular formula is C12H8BrN3S.